The molecule has 0 aliphatic heterocycles. The number of nitrogens with zero attached hydrogens (tertiary/aromatic N) is 1. The molecule has 84 valence electrons. The van der Waals surface area contributed by atoms with Crippen molar-refractivity contribution in [1.29, 1.82) is 0 Å². The number of benzene rings is 1. The van der Waals surface area contributed by atoms with Gasteiger partial charge < -0.3 is 0 Å². The van der Waals surface area contributed by atoms with Crippen LogP contribution < -0.4 is 0 Å². The van der Waals surface area contributed by atoms with Crippen LogP contribution in [0, 0.1) is 0 Å². The van der Waals surface area contributed by atoms with Gasteiger partial charge in [-0.2, -0.15) is 0 Å². The van der Waals surface area contributed by atoms with Gasteiger partial charge in [-0.3, -0.25) is 4.98 Å². The predicted molar refractivity (Wildman–Crippen MR) is 70.0 cm³/mol. The molecule has 1 nitrogen and oxygen atoms in total. The molecule has 0 saturated heterocycles. The van der Waals surface area contributed by atoms with Gasteiger partial charge in [0.15, 0.2) is 0 Å². The van der Waals surface area contributed by atoms with Gasteiger partial charge in [-0.15, -0.1) is 11.6 Å². The zero-order valence-electron chi connectivity index (χ0n) is 9.49. The van der Waals surface area contributed by atoms with Crippen LogP contribution in [0.1, 0.15) is 25.3 Å². The molecule has 0 spiro atoms. The quantitative estimate of drug-likeness (QED) is 0.722. The number of alkyl halides is 1. The smallest absolute Gasteiger partial charge is 0.0704 e. The van der Waals surface area contributed by atoms with Gasteiger partial charge in [-0.25, -0.2) is 0 Å². The lowest BCUT2D eigenvalue weighted by atomic mass is 10.0. The number of aryl methyl sites for hydroxylation is 1. The summed E-state index contributed by atoms with van der Waals surface area (Å²) in [5.41, 5.74) is 2.42. The van der Waals surface area contributed by atoms with Gasteiger partial charge >= 0.3 is 0 Å². The summed E-state index contributed by atoms with van der Waals surface area (Å²) in [7, 11) is 0. The van der Waals surface area contributed by atoms with Gasteiger partial charge in [0.05, 0.1) is 5.52 Å². The summed E-state index contributed by atoms with van der Waals surface area (Å²) in [6, 6.07) is 10.4. The Kier molecular flexibility index (Phi) is 3.79. The third-order valence-electron chi connectivity index (χ3n) is 2.91. The van der Waals surface area contributed by atoms with E-state index in [-0.39, 0.29) is 5.38 Å². The molecule has 0 aliphatic carbocycles. The number of rotatable bonds is 4. The Morgan fingerprint density at radius 1 is 1.25 bits per heavy atom. The Morgan fingerprint density at radius 2 is 2.12 bits per heavy atom. The molecule has 1 aromatic carbocycles. The van der Waals surface area contributed by atoms with Crippen LogP contribution in [0.3, 0.4) is 0 Å². The van der Waals surface area contributed by atoms with Crippen molar-refractivity contribution in [3.8, 4) is 0 Å². The molecule has 16 heavy (non-hydrogen) atoms. The molecule has 1 heterocycles. The molecule has 1 unspecified atom stereocenters. The summed E-state index contributed by atoms with van der Waals surface area (Å²) in [5, 5.41) is 1.54. The monoisotopic (exact) mass is 233 g/mol. The van der Waals surface area contributed by atoms with E-state index in [0.29, 0.717) is 0 Å². The van der Waals surface area contributed by atoms with E-state index in [1.165, 1.54) is 10.9 Å². The molecule has 1 atom stereocenters. The van der Waals surface area contributed by atoms with E-state index in [1.54, 1.807) is 0 Å². The molecule has 2 rings (SSSR count). The maximum Gasteiger partial charge on any atom is 0.0704 e. The largest absolute Gasteiger partial charge is 0.256 e. The summed E-state index contributed by atoms with van der Waals surface area (Å²) in [6.07, 6.45) is 4.93. The van der Waals surface area contributed by atoms with Crippen molar-refractivity contribution in [1.82, 2.24) is 4.98 Å². The van der Waals surface area contributed by atoms with Crippen molar-refractivity contribution >= 4 is 22.5 Å². The molecule has 0 aliphatic rings. The van der Waals surface area contributed by atoms with Gasteiger partial charge in [-0.1, -0.05) is 25.1 Å². The van der Waals surface area contributed by atoms with Crippen LogP contribution in [-0.4, -0.2) is 10.4 Å². The molecule has 0 saturated carbocycles. The van der Waals surface area contributed by atoms with Gasteiger partial charge in [-0.05, 0) is 37.0 Å². The molecule has 0 bridgehead atoms. The maximum atomic E-state index is 6.15. The third kappa shape index (κ3) is 2.53. The first kappa shape index (κ1) is 11.4. The maximum absolute atomic E-state index is 6.15. The molecular weight excluding hydrogens is 218 g/mol. The summed E-state index contributed by atoms with van der Waals surface area (Å²) in [6.45, 7) is 2.13. The third-order valence-corrected chi connectivity index (χ3v) is 3.43. The van der Waals surface area contributed by atoms with Crippen LogP contribution in [0.25, 0.3) is 10.9 Å². The zero-order chi connectivity index (χ0) is 11.4. The second-order valence-corrected chi connectivity index (χ2v) is 4.65. The topological polar surface area (TPSA) is 12.9 Å². The first-order valence-electron chi connectivity index (χ1n) is 5.78. The van der Waals surface area contributed by atoms with E-state index in [0.717, 1.165) is 24.8 Å². The standard InChI is InChI=1S/C14H16ClN/c1-2-12(15)9-8-11-5-3-7-14-13(11)6-4-10-16-14/h3-7,10,12H,2,8-9H2,1H3. The Bertz CT molecular complexity index is 462. The highest BCUT2D eigenvalue weighted by Crippen LogP contribution is 2.19. The van der Waals surface area contributed by atoms with Gasteiger partial charge in [0.1, 0.15) is 0 Å². The van der Waals surface area contributed by atoms with E-state index in [2.05, 4.69) is 36.2 Å². The van der Waals surface area contributed by atoms with Crippen LogP contribution in [0.15, 0.2) is 36.5 Å². The second-order valence-electron chi connectivity index (χ2n) is 4.03. The molecule has 1 aromatic heterocycles. The average Bonchev–Trinajstić information content (AvgIpc) is 2.35. The van der Waals surface area contributed by atoms with E-state index >= 15 is 0 Å². The van der Waals surface area contributed by atoms with Gasteiger partial charge in [0.25, 0.3) is 0 Å². The highest BCUT2D eigenvalue weighted by atomic mass is 35.5. The molecule has 0 N–H and O–H groups in total. The number of hydrogen-bond acceptors (Lipinski definition) is 1. The number of aromatic nitrogens is 1. The van der Waals surface area contributed by atoms with E-state index in [9.17, 15) is 0 Å². The minimum absolute atomic E-state index is 0.284. The van der Waals surface area contributed by atoms with E-state index in [4.69, 9.17) is 11.6 Å². The lowest BCUT2D eigenvalue weighted by Gasteiger charge is -2.08. The minimum Gasteiger partial charge on any atom is -0.256 e. The fourth-order valence-corrected chi connectivity index (χ4v) is 2.01. The lowest BCUT2D eigenvalue weighted by molar-refractivity contribution is 0.729. The Hall–Kier alpha value is -1.08. The molecule has 0 radical (unpaired) electrons. The molecular formula is C14H16ClN. The predicted octanol–water partition coefficient (Wildman–Crippen LogP) is 4.18. The molecule has 0 fully saturated rings. The Morgan fingerprint density at radius 3 is 2.94 bits per heavy atom. The minimum atomic E-state index is 0.284. The molecule has 0 amide bonds. The summed E-state index contributed by atoms with van der Waals surface area (Å²) in [5.74, 6) is 0. The van der Waals surface area contributed by atoms with Gasteiger partial charge in [0, 0.05) is 17.0 Å². The highest BCUT2D eigenvalue weighted by Gasteiger charge is 2.05. The number of fused-ring (bicyclic) bond motifs is 1. The normalized spacial score (nSPS) is 12.9. The average molecular weight is 234 g/mol. The fourth-order valence-electron chi connectivity index (χ4n) is 1.90. The molecule has 2 aromatic rings. The van der Waals surface area contributed by atoms with Crippen molar-refractivity contribution in [2.24, 2.45) is 0 Å². The van der Waals surface area contributed by atoms with Crippen LogP contribution >= 0.6 is 11.6 Å². The van der Waals surface area contributed by atoms with Crippen molar-refractivity contribution < 1.29 is 0 Å². The van der Waals surface area contributed by atoms with Crippen LogP contribution in [0.4, 0.5) is 0 Å². The Balaban J connectivity index is 2.23. The van der Waals surface area contributed by atoms with Crippen LogP contribution in [-0.2, 0) is 6.42 Å². The highest BCUT2D eigenvalue weighted by molar-refractivity contribution is 6.20. The van der Waals surface area contributed by atoms with Crippen LogP contribution in [0.5, 0.6) is 0 Å². The number of halogens is 1. The fraction of sp³-hybridized carbons (Fsp3) is 0.357. The van der Waals surface area contributed by atoms with E-state index in [1.807, 2.05) is 12.3 Å². The van der Waals surface area contributed by atoms with Crippen molar-refractivity contribution in [3.05, 3.63) is 42.1 Å². The first-order chi connectivity index (χ1) is 7.81. The number of hydrogen-bond donors (Lipinski definition) is 0. The van der Waals surface area contributed by atoms with Crippen molar-refractivity contribution in [2.75, 3.05) is 0 Å². The zero-order valence-corrected chi connectivity index (χ0v) is 10.2. The summed E-state index contributed by atoms with van der Waals surface area (Å²) < 4.78 is 0. The van der Waals surface area contributed by atoms with E-state index < -0.39 is 0 Å². The van der Waals surface area contributed by atoms with Crippen molar-refractivity contribution in [2.45, 2.75) is 31.6 Å². The summed E-state index contributed by atoms with van der Waals surface area (Å²) in [4.78, 5) is 4.36. The first-order valence-corrected chi connectivity index (χ1v) is 6.21. The molecule has 2 heteroatoms. The SMILES string of the molecule is CCC(Cl)CCc1cccc2ncccc12. The van der Waals surface area contributed by atoms with Crippen molar-refractivity contribution in [3.63, 3.8) is 0 Å². The Labute approximate surface area is 101 Å². The second kappa shape index (κ2) is 5.31. The number of pyridine rings is 1. The van der Waals surface area contributed by atoms with Gasteiger partial charge in [0.2, 0.25) is 0 Å². The lowest BCUT2D eigenvalue weighted by Crippen LogP contribution is -1.99. The summed E-state index contributed by atoms with van der Waals surface area (Å²) >= 11 is 6.15. The van der Waals surface area contributed by atoms with Crippen LogP contribution in [0.2, 0.25) is 0 Å².